The summed E-state index contributed by atoms with van der Waals surface area (Å²) in [6.45, 7) is 0. The van der Waals surface area contributed by atoms with E-state index in [0.717, 1.165) is 0 Å². The van der Waals surface area contributed by atoms with E-state index < -0.39 is 43.7 Å². The molecule has 22 heavy (non-hydrogen) atoms. The smallest absolute Gasteiger partial charge is 0.201 e. The van der Waals surface area contributed by atoms with Gasteiger partial charge in [-0.15, -0.1) is 0 Å². The maximum atomic E-state index is 14.0. The largest absolute Gasteiger partial charge is 0.494 e. The zero-order valence-corrected chi connectivity index (χ0v) is 12.8. The van der Waals surface area contributed by atoms with Crippen LogP contribution < -0.4 is 4.74 Å². The Labute approximate surface area is 127 Å². The van der Waals surface area contributed by atoms with Gasteiger partial charge in [-0.2, -0.15) is 4.39 Å². The number of carbonyl (C=O) groups excluding carboxylic acids is 1. The molecule has 3 rings (SSSR count). The fraction of sp³-hybridized carbons (Fsp3) is 0.533. The zero-order valence-electron chi connectivity index (χ0n) is 12.0. The molecular formula is C15H16F2O4S. The molecule has 4 nitrogen and oxygen atoms in total. The highest BCUT2D eigenvalue weighted by Crippen LogP contribution is 2.42. The van der Waals surface area contributed by atoms with E-state index in [2.05, 4.69) is 4.74 Å². The van der Waals surface area contributed by atoms with E-state index in [9.17, 15) is 22.0 Å². The number of hydrogen-bond donors (Lipinski definition) is 0. The van der Waals surface area contributed by atoms with Gasteiger partial charge in [0.15, 0.2) is 27.2 Å². The topological polar surface area (TPSA) is 60.4 Å². The van der Waals surface area contributed by atoms with E-state index >= 15 is 0 Å². The second-order valence-electron chi connectivity index (χ2n) is 5.89. The molecule has 1 aromatic carbocycles. The van der Waals surface area contributed by atoms with E-state index in [1.54, 1.807) is 0 Å². The van der Waals surface area contributed by atoms with Crippen LogP contribution in [0.25, 0.3) is 0 Å². The maximum Gasteiger partial charge on any atom is 0.201 e. The van der Waals surface area contributed by atoms with E-state index in [-0.39, 0.29) is 24.2 Å². The number of carbonyl (C=O) groups is 1. The van der Waals surface area contributed by atoms with Crippen molar-refractivity contribution in [2.45, 2.75) is 36.2 Å². The second kappa shape index (κ2) is 5.30. The van der Waals surface area contributed by atoms with Crippen molar-refractivity contribution in [2.24, 2.45) is 5.92 Å². The molecule has 0 saturated carbocycles. The third kappa shape index (κ3) is 2.22. The molecule has 1 aromatic rings. The van der Waals surface area contributed by atoms with Crippen molar-refractivity contribution in [3.8, 4) is 5.75 Å². The number of fused-ring (bicyclic) bond motifs is 2. The highest BCUT2D eigenvalue weighted by Gasteiger charge is 2.48. The molecule has 2 aliphatic heterocycles. The van der Waals surface area contributed by atoms with Crippen molar-refractivity contribution in [1.29, 1.82) is 0 Å². The van der Waals surface area contributed by atoms with Gasteiger partial charge in [-0.1, -0.05) is 0 Å². The summed E-state index contributed by atoms with van der Waals surface area (Å²) in [5.74, 6) is -3.78. The number of Topliss-reactive ketones (excluding diaryl/α,β-unsaturated/α-hetero) is 1. The number of rotatable bonds is 3. The molecule has 2 bridgehead atoms. The van der Waals surface area contributed by atoms with E-state index in [1.807, 2.05) is 0 Å². The average Bonchev–Trinajstić information content (AvgIpc) is 2.69. The van der Waals surface area contributed by atoms with Gasteiger partial charge in [-0.05, 0) is 37.8 Å². The summed E-state index contributed by atoms with van der Waals surface area (Å²) < 4.78 is 56.5. The van der Waals surface area contributed by atoms with Gasteiger partial charge in [0, 0.05) is 5.92 Å². The fourth-order valence-electron chi connectivity index (χ4n) is 3.52. The third-order valence-corrected chi connectivity index (χ3v) is 7.45. The van der Waals surface area contributed by atoms with Crippen molar-refractivity contribution in [3.05, 3.63) is 29.3 Å². The molecule has 2 fully saturated rings. The van der Waals surface area contributed by atoms with Gasteiger partial charge in [0.05, 0.1) is 23.2 Å². The molecule has 0 amide bonds. The molecule has 2 unspecified atom stereocenters. The fourth-order valence-corrected chi connectivity index (χ4v) is 6.00. The lowest BCUT2D eigenvalue weighted by molar-refractivity contribution is 0.0900. The minimum Gasteiger partial charge on any atom is -0.494 e. The first-order valence-electron chi connectivity index (χ1n) is 7.15. The Balaban J connectivity index is 1.89. The molecule has 0 radical (unpaired) electrons. The molecule has 0 spiro atoms. The molecular weight excluding hydrogens is 314 g/mol. The predicted octanol–water partition coefficient (Wildman–Crippen LogP) is 2.51. The summed E-state index contributed by atoms with van der Waals surface area (Å²) in [7, 11) is -1.94. The lowest BCUT2D eigenvalue weighted by Crippen LogP contribution is -2.36. The number of sulfone groups is 1. The first-order chi connectivity index (χ1) is 10.4. The molecule has 7 heteroatoms. The number of halogens is 2. The Hall–Kier alpha value is -1.50. The SMILES string of the molecule is COc1ccc(C(=O)C2CC3CCC(C2)S3(=O)=O)c(F)c1F. The van der Waals surface area contributed by atoms with Gasteiger partial charge in [0.2, 0.25) is 5.82 Å². The number of ketones is 1. The van der Waals surface area contributed by atoms with Crippen LogP contribution >= 0.6 is 0 Å². The Morgan fingerprint density at radius 3 is 2.27 bits per heavy atom. The quantitative estimate of drug-likeness (QED) is 0.799. The molecule has 0 aromatic heterocycles. The number of hydrogen-bond acceptors (Lipinski definition) is 4. The molecule has 2 saturated heterocycles. The molecule has 2 heterocycles. The summed E-state index contributed by atoms with van der Waals surface area (Å²) in [6.07, 6.45) is 1.50. The summed E-state index contributed by atoms with van der Waals surface area (Å²) in [6, 6.07) is 2.41. The van der Waals surface area contributed by atoms with Crippen LogP contribution in [0.5, 0.6) is 5.75 Å². The Kier molecular flexibility index (Phi) is 3.71. The highest BCUT2D eigenvalue weighted by atomic mass is 32.2. The summed E-state index contributed by atoms with van der Waals surface area (Å²) >= 11 is 0. The predicted molar refractivity (Wildman–Crippen MR) is 75.7 cm³/mol. The molecule has 0 aliphatic carbocycles. The van der Waals surface area contributed by atoms with E-state index in [1.165, 1.54) is 19.2 Å². The van der Waals surface area contributed by atoms with Crippen LogP contribution in [0.3, 0.4) is 0 Å². The van der Waals surface area contributed by atoms with Crippen molar-refractivity contribution < 1.29 is 26.7 Å². The summed E-state index contributed by atoms with van der Waals surface area (Å²) in [4.78, 5) is 12.5. The van der Waals surface area contributed by atoms with Gasteiger partial charge in [-0.3, -0.25) is 4.79 Å². The van der Waals surface area contributed by atoms with Crippen molar-refractivity contribution in [3.63, 3.8) is 0 Å². The minimum absolute atomic E-state index is 0.199. The van der Waals surface area contributed by atoms with Crippen LogP contribution in [0.15, 0.2) is 12.1 Å². The van der Waals surface area contributed by atoms with Gasteiger partial charge in [0.1, 0.15) is 0 Å². The van der Waals surface area contributed by atoms with Crippen molar-refractivity contribution >= 4 is 15.6 Å². The van der Waals surface area contributed by atoms with E-state index in [4.69, 9.17) is 0 Å². The van der Waals surface area contributed by atoms with Crippen LogP contribution in [-0.2, 0) is 9.84 Å². The van der Waals surface area contributed by atoms with Crippen LogP contribution in [0.4, 0.5) is 8.78 Å². The van der Waals surface area contributed by atoms with Crippen LogP contribution in [0.2, 0.25) is 0 Å². The first-order valence-corrected chi connectivity index (χ1v) is 8.76. The molecule has 0 N–H and O–H groups in total. The Morgan fingerprint density at radius 1 is 1.14 bits per heavy atom. The summed E-state index contributed by atoms with van der Waals surface area (Å²) in [5, 5.41) is -1.04. The lowest BCUT2D eigenvalue weighted by atomic mass is 9.90. The third-order valence-electron chi connectivity index (χ3n) is 4.74. The van der Waals surface area contributed by atoms with Crippen molar-refractivity contribution in [1.82, 2.24) is 0 Å². The van der Waals surface area contributed by atoms with Gasteiger partial charge < -0.3 is 4.74 Å². The molecule has 2 aliphatic rings. The van der Waals surface area contributed by atoms with Gasteiger partial charge in [0.25, 0.3) is 0 Å². The number of ether oxygens (including phenoxy) is 1. The zero-order chi connectivity index (χ0) is 16.1. The monoisotopic (exact) mass is 330 g/mol. The lowest BCUT2D eigenvalue weighted by Gasteiger charge is -2.27. The standard InChI is InChI=1S/C15H16F2O4S/c1-21-12-5-4-11(13(16)14(12)17)15(18)8-6-9-2-3-10(7-8)22(9,19)20/h4-5,8-10H,2-3,6-7H2,1H3. The Bertz CT molecular complexity index is 709. The van der Waals surface area contributed by atoms with Crippen LogP contribution in [0, 0.1) is 17.6 Å². The number of benzene rings is 1. The van der Waals surface area contributed by atoms with E-state index in [0.29, 0.717) is 12.8 Å². The van der Waals surface area contributed by atoms with Gasteiger partial charge >= 0.3 is 0 Å². The minimum atomic E-state index is -3.15. The van der Waals surface area contributed by atoms with Crippen molar-refractivity contribution in [2.75, 3.05) is 7.11 Å². The maximum absolute atomic E-state index is 14.0. The van der Waals surface area contributed by atoms with Crippen LogP contribution in [0.1, 0.15) is 36.0 Å². The van der Waals surface area contributed by atoms with Crippen LogP contribution in [-0.4, -0.2) is 31.8 Å². The number of methoxy groups -OCH3 is 1. The Morgan fingerprint density at radius 2 is 1.73 bits per heavy atom. The summed E-state index contributed by atoms with van der Waals surface area (Å²) in [5.41, 5.74) is -0.331. The highest BCUT2D eigenvalue weighted by molar-refractivity contribution is 7.93. The molecule has 2 atom stereocenters. The molecule has 120 valence electrons. The first kappa shape index (κ1) is 15.4. The van der Waals surface area contributed by atoms with Gasteiger partial charge in [-0.25, -0.2) is 12.8 Å². The average molecular weight is 330 g/mol. The normalized spacial score (nSPS) is 29.3. The second-order valence-corrected chi connectivity index (χ2v) is 8.40.